The van der Waals surface area contributed by atoms with E-state index in [1.165, 1.54) is 11.1 Å². The predicted molar refractivity (Wildman–Crippen MR) is 43.1 cm³/mol. The maximum Gasteiger partial charge on any atom is 0.130 e. The summed E-state index contributed by atoms with van der Waals surface area (Å²) in [6.07, 6.45) is 0. The highest BCUT2D eigenvalue weighted by molar-refractivity contribution is 5.20. The molecule has 2 rings (SSSR count). The Kier molecular flexibility index (Phi) is 1.28. The smallest absolute Gasteiger partial charge is 0.130 e. The van der Waals surface area contributed by atoms with E-state index in [1.54, 1.807) is 0 Å². The first-order valence-corrected chi connectivity index (χ1v) is 3.74. The average Bonchev–Trinajstić information content (AvgIpc) is 2.45. The molecule has 1 heterocycles. The molecule has 0 saturated heterocycles. The summed E-state index contributed by atoms with van der Waals surface area (Å²) in [7, 11) is 0. The summed E-state index contributed by atoms with van der Waals surface area (Å²) >= 11 is 0. The molecule has 0 unspecified atom stereocenters. The van der Waals surface area contributed by atoms with Crippen LogP contribution in [0.2, 0.25) is 0 Å². The Hall–Kier alpha value is -1.18. The molecule has 1 aromatic carbocycles. The van der Waals surface area contributed by atoms with Crippen LogP contribution in [0.4, 0.5) is 0 Å². The van der Waals surface area contributed by atoms with Crippen LogP contribution in [0, 0.1) is 13.8 Å². The van der Waals surface area contributed by atoms with Crippen molar-refractivity contribution in [1.82, 2.24) is 0 Å². The van der Waals surface area contributed by atoms with Crippen LogP contribution >= 0.6 is 0 Å². The van der Waals surface area contributed by atoms with E-state index in [4.69, 9.17) is 0 Å². The third kappa shape index (κ3) is 0.862. The van der Waals surface area contributed by atoms with Gasteiger partial charge in [0.25, 0.3) is 0 Å². The average molecular weight is 146 g/mol. The molecule has 0 spiro atoms. The number of aryl methyl sites for hydroxylation is 2. The molecule has 0 amide bonds. The summed E-state index contributed by atoms with van der Waals surface area (Å²) in [4.78, 5) is 8.59. The highest BCUT2D eigenvalue weighted by Crippen LogP contribution is 1.92. The predicted octanol–water partition coefficient (Wildman–Crippen LogP) is 0.514. The van der Waals surface area contributed by atoms with Crippen LogP contribution in [0.3, 0.4) is 0 Å². The Morgan fingerprint density at radius 1 is 1.00 bits per heavy atom. The lowest BCUT2D eigenvalue weighted by atomic mass is 10.1. The zero-order valence-electron chi connectivity index (χ0n) is 6.76. The molecule has 0 fully saturated rings. The highest BCUT2D eigenvalue weighted by atomic mass is 15.0. The molecule has 0 saturated carbocycles. The number of benzene rings is 1. The maximum atomic E-state index is 4.29. The van der Waals surface area contributed by atoms with Gasteiger partial charge in [-0.25, -0.2) is 0 Å². The third-order valence-corrected chi connectivity index (χ3v) is 2.01. The molecular weight excluding hydrogens is 136 g/mol. The van der Waals surface area contributed by atoms with Gasteiger partial charge in [-0.05, 0) is 25.0 Å². The molecule has 1 aliphatic rings. The van der Waals surface area contributed by atoms with E-state index in [9.17, 15) is 0 Å². The van der Waals surface area contributed by atoms with Gasteiger partial charge >= 0.3 is 0 Å². The second kappa shape index (κ2) is 2.16. The van der Waals surface area contributed by atoms with Crippen molar-refractivity contribution in [2.45, 2.75) is 13.8 Å². The Bertz CT molecular complexity index is 365. The van der Waals surface area contributed by atoms with E-state index < -0.39 is 0 Å². The fourth-order valence-electron chi connectivity index (χ4n) is 1.36. The minimum Gasteiger partial charge on any atom is -0.259 e. The SMILES string of the molecule is Cc1ccc(C)c2c1=NCN=2. The normalized spacial score (nSPS) is 13.6. The summed E-state index contributed by atoms with van der Waals surface area (Å²) < 4.78 is 0. The summed E-state index contributed by atoms with van der Waals surface area (Å²) in [6, 6.07) is 4.19. The summed E-state index contributed by atoms with van der Waals surface area (Å²) in [6.45, 7) is 4.76. The van der Waals surface area contributed by atoms with Gasteiger partial charge in [0.2, 0.25) is 0 Å². The largest absolute Gasteiger partial charge is 0.259 e. The van der Waals surface area contributed by atoms with Gasteiger partial charge in [-0.15, -0.1) is 0 Å². The van der Waals surface area contributed by atoms with E-state index in [0.717, 1.165) is 10.7 Å². The molecule has 2 heteroatoms. The standard InChI is InChI=1S/C9H10N2/c1-6-3-4-7(2)9-8(6)10-5-11-9/h3-4H,5H2,1-2H3. The van der Waals surface area contributed by atoms with E-state index in [1.807, 2.05) is 0 Å². The second-order valence-electron chi connectivity index (χ2n) is 2.85. The molecule has 1 aliphatic heterocycles. The number of nitrogens with zero attached hydrogens (tertiary/aromatic N) is 2. The van der Waals surface area contributed by atoms with Crippen molar-refractivity contribution in [3.05, 3.63) is 34.0 Å². The van der Waals surface area contributed by atoms with Gasteiger partial charge < -0.3 is 0 Å². The van der Waals surface area contributed by atoms with Crippen molar-refractivity contribution >= 4 is 0 Å². The number of hydrogen-bond donors (Lipinski definition) is 0. The maximum absolute atomic E-state index is 4.29. The zero-order chi connectivity index (χ0) is 7.84. The van der Waals surface area contributed by atoms with Gasteiger partial charge in [0.05, 0.1) is 10.7 Å². The molecule has 56 valence electrons. The molecule has 1 aromatic rings. The van der Waals surface area contributed by atoms with Crippen molar-refractivity contribution < 1.29 is 0 Å². The van der Waals surface area contributed by atoms with Crippen molar-refractivity contribution in [2.75, 3.05) is 6.67 Å². The van der Waals surface area contributed by atoms with Gasteiger partial charge in [-0.1, -0.05) is 12.1 Å². The molecule has 0 atom stereocenters. The molecule has 0 aromatic heterocycles. The van der Waals surface area contributed by atoms with Crippen LogP contribution in [-0.4, -0.2) is 6.67 Å². The monoisotopic (exact) mass is 146 g/mol. The summed E-state index contributed by atoms with van der Waals surface area (Å²) in [5.74, 6) is 0. The Morgan fingerprint density at radius 3 is 1.91 bits per heavy atom. The van der Waals surface area contributed by atoms with Gasteiger partial charge in [0.15, 0.2) is 0 Å². The van der Waals surface area contributed by atoms with Crippen molar-refractivity contribution in [2.24, 2.45) is 9.98 Å². The lowest BCUT2D eigenvalue weighted by molar-refractivity contribution is 1.05. The lowest BCUT2D eigenvalue weighted by Gasteiger charge is -1.93. The molecule has 0 N–H and O–H groups in total. The molecule has 11 heavy (non-hydrogen) atoms. The van der Waals surface area contributed by atoms with Crippen molar-refractivity contribution in [3.8, 4) is 0 Å². The van der Waals surface area contributed by atoms with Crippen LogP contribution in [0.15, 0.2) is 22.1 Å². The number of hydrogen-bond acceptors (Lipinski definition) is 2. The van der Waals surface area contributed by atoms with E-state index in [0.29, 0.717) is 6.67 Å². The third-order valence-electron chi connectivity index (χ3n) is 2.01. The molecule has 2 nitrogen and oxygen atoms in total. The van der Waals surface area contributed by atoms with Crippen LogP contribution in [0.1, 0.15) is 11.1 Å². The lowest BCUT2D eigenvalue weighted by Crippen LogP contribution is -2.26. The molecule has 0 bridgehead atoms. The van der Waals surface area contributed by atoms with Gasteiger partial charge in [-0.3, -0.25) is 9.98 Å². The molecular formula is C9H10N2. The van der Waals surface area contributed by atoms with Crippen molar-refractivity contribution in [3.63, 3.8) is 0 Å². The fraction of sp³-hybridized carbons (Fsp3) is 0.333. The number of fused-ring (bicyclic) bond motifs is 1. The minimum atomic E-state index is 0.612. The summed E-state index contributed by atoms with van der Waals surface area (Å²) in [5.41, 5.74) is 2.46. The fourth-order valence-corrected chi connectivity index (χ4v) is 1.36. The second-order valence-corrected chi connectivity index (χ2v) is 2.85. The van der Waals surface area contributed by atoms with E-state index >= 15 is 0 Å². The molecule has 0 radical (unpaired) electrons. The van der Waals surface area contributed by atoms with Gasteiger partial charge in [0, 0.05) is 0 Å². The minimum absolute atomic E-state index is 0.612. The van der Waals surface area contributed by atoms with Gasteiger partial charge in [-0.2, -0.15) is 0 Å². The quantitative estimate of drug-likeness (QED) is 0.509. The topological polar surface area (TPSA) is 24.7 Å². The zero-order valence-corrected chi connectivity index (χ0v) is 6.76. The first kappa shape index (κ1) is 6.53. The Labute approximate surface area is 65.3 Å². The Balaban J connectivity index is 2.98. The van der Waals surface area contributed by atoms with Crippen LogP contribution in [-0.2, 0) is 0 Å². The Morgan fingerprint density at radius 2 is 1.45 bits per heavy atom. The van der Waals surface area contributed by atoms with Crippen LogP contribution < -0.4 is 10.7 Å². The van der Waals surface area contributed by atoms with Gasteiger partial charge in [0.1, 0.15) is 6.67 Å². The first-order valence-electron chi connectivity index (χ1n) is 3.74. The van der Waals surface area contributed by atoms with E-state index in [-0.39, 0.29) is 0 Å². The highest BCUT2D eigenvalue weighted by Gasteiger charge is 2.00. The first-order chi connectivity index (χ1) is 5.29. The van der Waals surface area contributed by atoms with Crippen LogP contribution in [0.5, 0.6) is 0 Å². The summed E-state index contributed by atoms with van der Waals surface area (Å²) in [5, 5.41) is 2.18. The molecule has 0 aliphatic carbocycles. The van der Waals surface area contributed by atoms with Crippen molar-refractivity contribution in [1.29, 1.82) is 0 Å². The van der Waals surface area contributed by atoms with E-state index in [2.05, 4.69) is 36.0 Å². The van der Waals surface area contributed by atoms with Crippen LogP contribution in [0.25, 0.3) is 0 Å². The number of rotatable bonds is 0.